The maximum Gasteiger partial charge on any atom is 0.267 e. The van der Waals surface area contributed by atoms with Gasteiger partial charge >= 0.3 is 0 Å². The third-order valence-corrected chi connectivity index (χ3v) is 7.53. The molecule has 3 aromatic heterocycles. The van der Waals surface area contributed by atoms with E-state index in [1.165, 1.54) is 27.3 Å². The second kappa shape index (κ2) is 8.32. The fourth-order valence-corrected chi connectivity index (χ4v) is 5.98. The molecule has 5 nitrogen and oxygen atoms in total. The molecule has 0 saturated heterocycles. The number of nitrogen functional groups attached to an aromatic ring is 1. The van der Waals surface area contributed by atoms with E-state index in [2.05, 4.69) is 22.8 Å². The van der Waals surface area contributed by atoms with Crippen molar-refractivity contribution in [2.45, 2.75) is 32.6 Å². The van der Waals surface area contributed by atoms with E-state index in [0.717, 1.165) is 47.3 Å². The van der Waals surface area contributed by atoms with Gasteiger partial charge in [-0.05, 0) is 67.3 Å². The Morgan fingerprint density at radius 2 is 2.03 bits per heavy atom. The zero-order valence-electron chi connectivity index (χ0n) is 17.2. The predicted molar refractivity (Wildman–Crippen MR) is 130 cm³/mol. The fraction of sp³-hybridized carbons (Fsp3) is 0.250. The van der Waals surface area contributed by atoms with Crippen LogP contribution in [0.5, 0.6) is 5.75 Å². The van der Waals surface area contributed by atoms with Crippen LogP contribution in [0.1, 0.15) is 40.6 Å². The van der Waals surface area contributed by atoms with Gasteiger partial charge in [0.2, 0.25) is 0 Å². The van der Waals surface area contributed by atoms with E-state index in [1.807, 2.05) is 31.2 Å². The number of carbonyl (C=O) groups excluding carboxylic acids is 1. The molecule has 158 valence electrons. The molecule has 0 bridgehead atoms. The minimum atomic E-state index is -0.212. The molecule has 31 heavy (non-hydrogen) atoms. The van der Waals surface area contributed by atoms with E-state index < -0.39 is 0 Å². The Morgan fingerprint density at radius 3 is 2.81 bits per heavy atom. The zero-order valence-corrected chi connectivity index (χ0v) is 18.9. The first-order valence-corrected chi connectivity index (χ1v) is 12.2. The molecule has 1 aromatic carbocycles. The number of fused-ring (bicyclic) bond motifs is 3. The lowest BCUT2D eigenvalue weighted by atomic mass is 9.88. The monoisotopic (exact) mass is 449 g/mol. The van der Waals surface area contributed by atoms with Gasteiger partial charge in [0.15, 0.2) is 0 Å². The van der Waals surface area contributed by atoms with Crippen molar-refractivity contribution in [2.75, 3.05) is 17.7 Å². The standard InChI is InChI=1S/C24H23N3O2S2/c1-2-29-15-8-5-7-14(13-15)26-23(28)22-20(25)19-16-9-3-4-10-17(16)21(27-24(19)31-22)18-11-6-12-30-18/h5-8,11-13H,2-4,9-10,25H2,1H3,(H,26,28). The Morgan fingerprint density at radius 1 is 1.19 bits per heavy atom. The zero-order chi connectivity index (χ0) is 21.4. The molecule has 1 aliphatic carbocycles. The van der Waals surface area contributed by atoms with Gasteiger partial charge in [0, 0.05) is 17.1 Å². The van der Waals surface area contributed by atoms with Crippen molar-refractivity contribution in [3.8, 4) is 16.3 Å². The van der Waals surface area contributed by atoms with Crippen molar-refractivity contribution in [3.05, 3.63) is 57.8 Å². The summed E-state index contributed by atoms with van der Waals surface area (Å²) in [6.07, 6.45) is 4.28. The third kappa shape index (κ3) is 3.68. The van der Waals surface area contributed by atoms with Crippen LogP contribution in [-0.2, 0) is 12.8 Å². The molecule has 0 unspecified atom stereocenters. The molecule has 0 fully saturated rings. The second-order valence-electron chi connectivity index (χ2n) is 7.54. The van der Waals surface area contributed by atoms with Gasteiger partial charge in [-0.2, -0.15) is 0 Å². The summed E-state index contributed by atoms with van der Waals surface area (Å²) in [5.41, 5.74) is 11.4. The van der Waals surface area contributed by atoms with E-state index in [0.29, 0.717) is 22.9 Å². The smallest absolute Gasteiger partial charge is 0.267 e. The van der Waals surface area contributed by atoms with Crippen LogP contribution in [-0.4, -0.2) is 17.5 Å². The highest BCUT2D eigenvalue weighted by atomic mass is 32.1. The van der Waals surface area contributed by atoms with E-state index in [4.69, 9.17) is 15.5 Å². The van der Waals surface area contributed by atoms with Gasteiger partial charge in [0.1, 0.15) is 15.5 Å². The van der Waals surface area contributed by atoms with E-state index in [1.54, 1.807) is 11.3 Å². The van der Waals surface area contributed by atoms with Crippen molar-refractivity contribution < 1.29 is 9.53 Å². The first kappa shape index (κ1) is 20.0. The highest BCUT2D eigenvalue weighted by Crippen LogP contribution is 2.43. The Labute approximate surface area is 188 Å². The number of benzene rings is 1. The SMILES string of the molecule is CCOc1cccc(NC(=O)c2sc3nc(-c4cccs4)c4c(c3c2N)CCCC4)c1. The number of nitrogens with zero attached hydrogens (tertiary/aromatic N) is 1. The Hall–Kier alpha value is -2.90. The molecule has 4 aromatic rings. The minimum absolute atomic E-state index is 0.212. The van der Waals surface area contributed by atoms with Crippen LogP contribution < -0.4 is 15.8 Å². The second-order valence-corrected chi connectivity index (χ2v) is 9.49. The summed E-state index contributed by atoms with van der Waals surface area (Å²) >= 11 is 3.08. The normalized spacial score (nSPS) is 13.2. The Kier molecular flexibility index (Phi) is 5.38. The summed E-state index contributed by atoms with van der Waals surface area (Å²) in [6, 6.07) is 11.6. The molecule has 0 saturated carbocycles. The number of hydrogen-bond acceptors (Lipinski definition) is 6. The van der Waals surface area contributed by atoms with Gasteiger partial charge in [-0.15, -0.1) is 22.7 Å². The van der Waals surface area contributed by atoms with Crippen LogP contribution in [0.25, 0.3) is 20.8 Å². The highest BCUT2D eigenvalue weighted by Gasteiger charge is 2.26. The summed E-state index contributed by atoms with van der Waals surface area (Å²) in [5.74, 6) is 0.511. The number of carbonyl (C=O) groups is 1. The van der Waals surface area contributed by atoms with Gasteiger partial charge in [-0.25, -0.2) is 4.98 Å². The number of amides is 1. The topological polar surface area (TPSA) is 77.2 Å². The number of anilines is 2. The average Bonchev–Trinajstić information content (AvgIpc) is 3.42. The van der Waals surface area contributed by atoms with Crippen LogP contribution in [0.3, 0.4) is 0 Å². The van der Waals surface area contributed by atoms with Gasteiger partial charge < -0.3 is 15.8 Å². The van der Waals surface area contributed by atoms with Crippen LogP contribution in [0.15, 0.2) is 41.8 Å². The number of aryl methyl sites for hydroxylation is 1. The van der Waals surface area contributed by atoms with Crippen molar-refractivity contribution in [2.24, 2.45) is 0 Å². The lowest BCUT2D eigenvalue weighted by molar-refractivity contribution is 0.103. The summed E-state index contributed by atoms with van der Waals surface area (Å²) in [6.45, 7) is 2.51. The van der Waals surface area contributed by atoms with Crippen molar-refractivity contribution in [1.29, 1.82) is 0 Å². The van der Waals surface area contributed by atoms with Gasteiger partial charge in [0.05, 0.1) is 22.9 Å². The number of ether oxygens (including phenoxy) is 1. The third-order valence-electron chi connectivity index (χ3n) is 5.56. The number of rotatable bonds is 5. The number of thiophene rings is 2. The number of nitrogens with one attached hydrogen (secondary N) is 1. The highest BCUT2D eigenvalue weighted by molar-refractivity contribution is 7.21. The molecule has 3 N–H and O–H groups in total. The van der Waals surface area contributed by atoms with Crippen LogP contribution in [0, 0.1) is 0 Å². The largest absolute Gasteiger partial charge is 0.494 e. The molecule has 1 aliphatic rings. The van der Waals surface area contributed by atoms with Crippen molar-refractivity contribution >= 4 is 50.2 Å². The maximum absolute atomic E-state index is 13.1. The summed E-state index contributed by atoms with van der Waals surface area (Å²) in [4.78, 5) is 20.6. The number of pyridine rings is 1. The van der Waals surface area contributed by atoms with Crippen LogP contribution >= 0.6 is 22.7 Å². The van der Waals surface area contributed by atoms with Gasteiger partial charge in [0.25, 0.3) is 5.91 Å². The van der Waals surface area contributed by atoms with Gasteiger partial charge in [-0.1, -0.05) is 12.1 Å². The molecule has 0 spiro atoms. The molecule has 0 aliphatic heterocycles. The summed E-state index contributed by atoms with van der Waals surface area (Å²) in [5, 5.41) is 6.01. The molecule has 3 heterocycles. The summed E-state index contributed by atoms with van der Waals surface area (Å²) in [7, 11) is 0. The van der Waals surface area contributed by atoms with Gasteiger partial charge in [-0.3, -0.25) is 4.79 Å². The number of aromatic nitrogens is 1. The van der Waals surface area contributed by atoms with Crippen molar-refractivity contribution in [1.82, 2.24) is 4.98 Å². The lowest BCUT2D eigenvalue weighted by Gasteiger charge is -2.19. The van der Waals surface area contributed by atoms with Crippen LogP contribution in [0.2, 0.25) is 0 Å². The summed E-state index contributed by atoms with van der Waals surface area (Å²) < 4.78 is 5.53. The molecule has 0 atom stereocenters. The first-order valence-electron chi connectivity index (χ1n) is 10.5. The maximum atomic E-state index is 13.1. The quantitative estimate of drug-likeness (QED) is 0.384. The molecule has 5 rings (SSSR count). The van der Waals surface area contributed by atoms with Crippen molar-refractivity contribution in [3.63, 3.8) is 0 Å². The Balaban J connectivity index is 1.57. The average molecular weight is 450 g/mol. The first-order chi connectivity index (χ1) is 15.2. The molecule has 1 amide bonds. The van der Waals surface area contributed by atoms with E-state index >= 15 is 0 Å². The fourth-order valence-electron chi connectivity index (χ4n) is 4.22. The molecular weight excluding hydrogens is 426 g/mol. The van der Waals surface area contributed by atoms with E-state index in [9.17, 15) is 4.79 Å². The van der Waals surface area contributed by atoms with Crippen LogP contribution in [0.4, 0.5) is 11.4 Å². The molecule has 7 heteroatoms. The predicted octanol–water partition coefficient (Wildman–Crippen LogP) is 6.14. The lowest BCUT2D eigenvalue weighted by Crippen LogP contribution is -2.12. The number of hydrogen-bond donors (Lipinski definition) is 2. The minimum Gasteiger partial charge on any atom is -0.494 e. The molecule has 0 radical (unpaired) electrons. The molecular formula is C24H23N3O2S2. The number of nitrogens with two attached hydrogens (primary N) is 1. The van der Waals surface area contributed by atoms with E-state index in [-0.39, 0.29) is 5.91 Å². The Bertz CT molecular complexity index is 1260.